The number of nitrogens with zero attached hydrogens (tertiary/aromatic N) is 6. The number of aromatic nitrogens is 5. The van der Waals surface area contributed by atoms with Gasteiger partial charge in [-0.1, -0.05) is 30.3 Å². The highest BCUT2D eigenvalue weighted by molar-refractivity contribution is 5.54. The molecule has 2 aromatic heterocycles. The zero-order valence-corrected chi connectivity index (χ0v) is 14.9. The van der Waals surface area contributed by atoms with Crippen molar-refractivity contribution in [1.29, 1.82) is 0 Å². The van der Waals surface area contributed by atoms with Crippen molar-refractivity contribution in [3.8, 4) is 11.4 Å². The predicted octanol–water partition coefficient (Wildman–Crippen LogP) is 2.72. The van der Waals surface area contributed by atoms with Crippen molar-refractivity contribution in [2.75, 3.05) is 18.0 Å². The molecule has 0 saturated heterocycles. The molecule has 128 valence electrons. The van der Waals surface area contributed by atoms with E-state index in [2.05, 4.69) is 21.8 Å². The lowest BCUT2D eigenvalue weighted by atomic mass is 10.2. The van der Waals surface area contributed by atoms with Crippen LogP contribution in [0.3, 0.4) is 0 Å². The van der Waals surface area contributed by atoms with Gasteiger partial charge in [-0.2, -0.15) is 5.10 Å². The predicted molar refractivity (Wildman–Crippen MR) is 97.6 cm³/mol. The van der Waals surface area contributed by atoms with Gasteiger partial charge in [0.25, 0.3) is 0 Å². The number of rotatable bonds is 2. The minimum Gasteiger partial charge on any atom is -0.339 e. The van der Waals surface area contributed by atoms with Crippen LogP contribution in [-0.2, 0) is 13.0 Å². The maximum absolute atomic E-state index is 4.74. The quantitative estimate of drug-likeness (QED) is 0.721. The molecular formula is C19H22N6. The fourth-order valence-corrected chi connectivity index (χ4v) is 3.11. The molecule has 0 fully saturated rings. The minimum atomic E-state index is 0.796. The molecule has 0 saturated carbocycles. The summed E-state index contributed by atoms with van der Waals surface area (Å²) in [6.07, 6.45) is 0.842. The molecule has 1 aromatic carbocycles. The summed E-state index contributed by atoms with van der Waals surface area (Å²) in [5, 5.41) is 4.70. The summed E-state index contributed by atoms with van der Waals surface area (Å²) in [6, 6.07) is 10.1. The van der Waals surface area contributed by atoms with E-state index in [1.807, 2.05) is 48.9 Å². The molecule has 6 heteroatoms. The molecule has 3 aromatic rings. The van der Waals surface area contributed by atoms with E-state index in [4.69, 9.17) is 10.1 Å². The van der Waals surface area contributed by atoms with Crippen molar-refractivity contribution in [2.45, 2.75) is 33.7 Å². The molecule has 6 nitrogen and oxygen atoms in total. The third-order valence-corrected chi connectivity index (χ3v) is 4.87. The Morgan fingerprint density at radius 3 is 2.28 bits per heavy atom. The first-order valence-electron chi connectivity index (χ1n) is 8.68. The molecule has 0 atom stereocenters. The second-order valence-corrected chi connectivity index (χ2v) is 6.50. The lowest BCUT2D eigenvalue weighted by molar-refractivity contribution is 0.607. The summed E-state index contributed by atoms with van der Waals surface area (Å²) < 4.78 is 2.02. The highest BCUT2D eigenvalue weighted by Gasteiger charge is 2.20. The van der Waals surface area contributed by atoms with Gasteiger partial charge in [-0.3, -0.25) is 0 Å². The van der Waals surface area contributed by atoms with Crippen LogP contribution in [-0.4, -0.2) is 37.8 Å². The smallest absolute Gasteiger partial charge is 0.225 e. The van der Waals surface area contributed by atoms with E-state index in [-0.39, 0.29) is 0 Å². The van der Waals surface area contributed by atoms with Crippen LogP contribution in [0.15, 0.2) is 30.3 Å². The lowest BCUT2D eigenvalue weighted by Crippen LogP contribution is -2.29. The first-order chi connectivity index (χ1) is 12.1. The number of hydrogen-bond acceptors (Lipinski definition) is 5. The number of benzene rings is 1. The van der Waals surface area contributed by atoms with Gasteiger partial charge in [-0.05, 0) is 26.3 Å². The average molecular weight is 334 g/mol. The van der Waals surface area contributed by atoms with Gasteiger partial charge in [0.05, 0.1) is 6.54 Å². The normalized spacial score (nSPS) is 14.3. The lowest BCUT2D eigenvalue weighted by Gasteiger charge is -2.21. The summed E-state index contributed by atoms with van der Waals surface area (Å²) in [6.45, 7) is 8.65. The Balaban J connectivity index is 1.56. The molecule has 0 amide bonds. The number of aryl methyl sites for hydroxylation is 2. The van der Waals surface area contributed by atoms with E-state index in [0.717, 1.165) is 60.6 Å². The zero-order valence-electron chi connectivity index (χ0n) is 14.9. The van der Waals surface area contributed by atoms with Gasteiger partial charge >= 0.3 is 0 Å². The molecule has 0 N–H and O–H groups in total. The van der Waals surface area contributed by atoms with Crippen molar-refractivity contribution in [3.05, 3.63) is 53.1 Å². The Labute approximate surface area is 147 Å². The minimum absolute atomic E-state index is 0.796. The molecule has 0 spiro atoms. The summed E-state index contributed by atoms with van der Waals surface area (Å²) in [5.41, 5.74) is 4.33. The number of hydrogen-bond donors (Lipinski definition) is 0. The largest absolute Gasteiger partial charge is 0.339 e. The van der Waals surface area contributed by atoms with Gasteiger partial charge in [0, 0.05) is 36.5 Å². The third kappa shape index (κ3) is 2.99. The highest BCUT2D eigenvalue weighted by Crippen LogP contribution is 2.19. The van der Waals surface area contributed by atoms with Gasteiger partial charge in [0.15, 0.2) is 5.82 Å². The summed E-state index contributed by atoms with van der Waals surface area (Å²) >= 11 is 0. The molecule has 25 heavy (non-hydrogen) atoms. The van der Waals surface area contributed by atoms with Crippen molar-refractivity contribution in [1.82, 2.24) is 24.7 Å². The van der Waals surface area contributed by atoms with E-state index in [9.17, 15) is 0 Å². The highest BCUT2D eigenvalue weighted by atomic mass is 15.4. The van der Waals surface area contributed by atoms with Crippen LogP contribution in [0.2, 0.25) is 0 Å². The maximum atomic E-state index is 4.74. The molecule has 1 aliphatic heterocycles. The molecule has 0 aliphatic carbocycles. The van der Waals surface area contributed by atoms with Crippen LogP contribution in [0.1, 0.15) is 22.8 Å². The van der Waals surface area contributed by atoms with E-state index in [0.29, 0.717) is 0 Å². The average Bonchev–Trinajstić information content (AvgIpc) is 2.93. The van der Waals surface area contributed by atoms with E-state index >= 15 is 0 Å². The van der Waals surface area contributed by atoms with Crippen LogP contribution >= 0.6 is 0 Å². The van der Waals surface area contributed by atoms with Crippen LogP contribution in [0.4, 0.5) is 5.95 Å². The van der Waals surface area contributed by atoms with Crippen LogP contribution in [0.25, 0.3) is 11.4 Å². The van der Waals surface area contributed by atoms with E-state index in [1.54, 1.807) is 0 Å². The van der Waals surface area contributed by atoms with Gasteiger partial charge in [0.2, 0.25) is 5.95 Å². The Morgan fingerprint density at radius 2 is 1.56 bits per heavy atom. The summed E-state index contributed by atoms with van der Waals surface area (Å²) in [7, 11) is 0. The molecule has 0 bridgehead atoms. The Bertz CT molecular complexity index is 851. The fraction of sp³-hybridized carbons (Fsp3) is 0.368. The van der Waals surface area contributed by atoms with Crippen molar-refractivity contribution in [3.63, 3.8) is 0 Å². The number of anilines is 1. The second-order valence-electron chi connectivity index (χ2n) is 6.50. The van der Waals surface area contributed by atoms with E-state index < -0.39 is 0 Å². The first-order valence-corrected chi connectivity index (χ1v) is 8.68. The van der Waals surface area contributed by atoms with Crippen LogP contribution in [0, 0.1) is 20.8 Å². The first kappa shape index (κ1) is 15.7. The monoisotopic (exact) mass is 334 g/mol. The van der Waals surface area contributed by atoms with Crippen molar-refractivity contribution >= 4 is 5.95 Å². The standard InChI is InChI=1S/C19H22N6/c1-13-14(2)20-19(21-15(13)3)24-10-9-17-22-18(23-25(17)12-11-24)16-7-5-4-6-8-16/h4-8H,9-12H2,1-3H3. The van der Waals surface area contributed by atoms with Gasteiger partial charge in [-0.25, -0.2) is 19.6 Å². The Hall–Kier alpha value is -2.76. The van der Waals surface area contributed by atoms with Gasteiger partial charge in [-0.15, -0.1) is 0 Å². The van der Waals surface area contributed by atoms with Gasteiger partial charge in [0.1, 0.15) is 5.82 Å². The SMILES string of the molecule is Cc1nc(N2CCc3nc(-c4ccccc4)nn3CC2)nc(C)c1C. The molecule has 3 heterocycles. The van der Waals surface area contributed by atoms with Crippen LogP contribution < -0.4 is 4.90 Å². The fourth-order valence-electron chi connectivity index (χ4n) is 3.11. The van der Waals surface area contributed by atoms with E-state index in [1.165, 1.54) is 5.56 Å². The maximum Gasteiger partial charge on any atom is 0.225 e. The molecule has 1 aliphatic rings. The third-order valence-electron chi connectivity index (χ3n) is 4.87. The van der Waals surface area contributed by atoms with Crippen molar-refractivity contribution in [2.24, 2.45) is 0 Å². The number of fused-ring (bicyclic) bond motifs is 1. The van der Waals surface area contributed by atoms with Crippen molar-refractivity contribution < 1.29 is 0 Å². The Kier molecular flexibility index (Phi) is 3.95. The van der Waals surface area contributed by atoms with Crippen LogP contribution in [0.5, 0.6) is 0 Å². The molecular weight excluding hydrogens is 312 g/mol. The second kappa shape index (κ2) is 6.27. The molecule has 0 unspecified atom stereocenters. The Morgan fingerprint density at radius 1 is 0.840 bits per heavy atom. The summed E-state index contributed by atoms with van der Waals surface area (Å²) in [4.78, 5) is 16.3. The summed E-state index contributed by atoms with van der Waals surface area (Å²) in [5.74, 6) is 2.65. The van der Waals surface area contributed by atoms with Gasteiger partial charge < -0.3 is 4.90 Å². The zero-order chi connectivity index (χ0) is 17.4. The molecule has 4 rings (SSSR count). The topological polar surface area (TPSA) is 59.7 Å². The molecule has 0 radical (unpaired) electrons.